The molecule has 2 heterocycles. The number of hydrogen-bond donors (Lipinski definition) is 2. The zero-order valence-corrected chi connectivity index (χ0v) is 12.2. The van der Waals surface area contributed by atoms with E-state index in [2.05, 4.69) is 14.7 Å². The third-order valence-corrected chi connectivity index (χ3v) is 4.90. The number of nitrogens with one attached hydrogen (secondary N) is 1. The van der Waals surface area contributed by atoms with Gasteiger partial charge >= 0.3 is 0 Å². The Morgan fingerprint density at radius 1 is 1.42 bits per heavy atom. The fraction of sp³-hybridized carbons (Fsp3) is 0.273. The van der Waals surface area contributed by atoms with Crippen LogP contribution in [-0.4, -0.2) is 18.4 Å². The number of nitrogens with two attached hydrogens (primary N) is 1. The Labute approximate surface area is 115 Å². The number of thiazole rings is 1. The molecule has 0 amide bonds. The highest BCUT2D eigenvalue weighted by molar-refractivity contribution is 7.93. The first-order valence-corrected chi connectivity index (χ1v) is 7.93. The van der Waals surface area contributed by atoms with Gasteiger partial charge in [-0.1, -0.05) is 6.92 Å². The Balaban J connectivity index is 2.28. The molecule has 0 aliphatic carbocycles. The zero-order chi connectivity index (χ0) is 14.0. The van der Waals surface area contributed by atoms with Crippen molar-refractivity contribution in [3.8, 4) is 0 Å². The minimum atomic E-state index is -3.66. The second-order valence-corrected chi connectivity index (χ2v) is 6.79. The van der Waals surface area contributed by atoms with Gasteiger partial charge in [0.1, 0.15) is 10.7 Å². The number of nitrogen functional groups attached to an aromatic ring is 1. The number of aryl methyl sites for hydroxylation is 2. The van der Waals surface area contributed by atoms with E-state index in [1.54, 1.807) is 0 Å². The van der Waals surface area contributed by atoms with E-state index >= 15 is 0 Å². The maximum atomic E-state index is 12.1. The fourth-order valence-corrected chi connectivity index (χ4v) is 3.61. The van der Waals surface area contributed by atoms with Crippen molar-refractivity contribution >= 4 is 32.3 Å². The Hall–Kier alpha value is -1.67. The van der Waals surface area contributed by atoms with Crippen LogP contribution in [0.3, 0.4) is 0 Å². The molecule has 0 atom stereocenters. The van der Waals surface area contributed by atoms with Crippen LogP contribution in [-0.2, 0) is 16.4 Å². The van der Waals surface area contributed by atoms with Gasteiger partial charge in [-0.15, -0.1) is 11.3 Å². The minimum Gasteiger partial charge on any atom is -0.384 e. The van der Waals surface area contributed by atoms with Crippen molar-refractivity contribution in [2.24, 2.45) is 0 Å². The van der Waals surface area contributed by atoms with Gasteiger partial charge in [0.25, 0.3) is 10.0 Å². The summed E-state index contributed by atoms with van der Waals surface area (Å²) in [5.74, 6) is 0.275. The van der Waals surface area contributed by atoms with Gasteiger partial charge in [0.2, 0.25) is 0 Å². The Kier molecular flexibility index (Phi) is 3.72. The van der Waals surface area contributed by atoms with Crippen LogP contribution in [0.25, 0.3) is 0 Å². The summed E-state index contributed by atoms with van der Waals surface area (Å²) >= 11 is 1.32. The largest absolute Gasteiger partial charge is 0.384 e. The first-order chi connectivity index (χ1) is 8.92. The number of pyridine rings is 1. The SMILES string of the molecule is CCc1nc(NS(=O)(=O)c2ccc(N)nc2)sc1C. The molecule has 8 heteroatoms. The third kappa shape index (κ3) is 3.02. The van der Waals surface area contributed by atoms with Crippen molar-refractivity contribution in [2.45, 2.75) is 25.2 Å². The summed E-state index contributed by atoms with van der Waals surface area (Å²) < 4.78 is 26.6. The Bertz CT molecular complexity index is 677. The van der Waals surface area contributed by atoms with E-state index in [0.29, 0.717) is 5.13 Å². The molecule has 0 saturated carbocycles. The van der Waals surface area contributed by atoms with Crippen LogP contribution in [0.2, 0.25) is 0 Å². The maximum absolute atomic E-state index is 12.1. The lowest BCUT2D eigenvalue weighted by Gasteiger charge is -2.04. The monoisotopic (exact) mass is 298 g/mol. The minimum absolute atomic E-state index is 0.0626. The number of nitrogens with zero attached hydrogens (tertiary/aromatic N) is 2. The normalized spacial score (nSPS) is 11.5. The standard InChI is InChI=1S/C11H14N4O2S2/c1-3-9-7(2)18-11(14-9)15-19(16,17)8-4-5-10(12)13-6-8/h4-6H,3H2,1-2H3,(H2,12,13)(H,14,15). The van der Waals surface area contributed by atoms with E-state index in [1.807, 2.05) is 13.8 Å². The molecule has 2 aromatic rings. The predicted molar refractivity (Wildman–Crippen MR) is 75.7 cm³/mol. The molecule has 2 aromatic heterocycles. The summed E-state index contributed by atoms with van der Waals surface area (Å²) in [5.41, 5.74) is 6.33. The summed E-state index contributed by atoms with van der Waals surface area (Å²) in [7, 11) is -3.66. The lowest BCUT2D eigenvalue weighted by atomic mass is 10.3. The summed E-state index contributed by atoms with van der Waals surface area (Å²) in [6.45, 7) is 3.89. The molecule has 0 unspecified atom stereocenters. The average molecular weight is 298 g/mol. The maximum Gasteiger partial charge on any atom is 0.265 e. The zero-order valence-electron chi connectivity index (χ0n) is 10.5. The summed E-state index contributed by atoms with van der Waals surface area (Å²) in [4.78, 5) is 9.08. The second-order valence-electron chi connectivity index (χ2n) is 3.90. The number of sulfonamides is 1. The van der Waals surface area contributed by atoms with Crippen LogP contribution in [0.15, 0.2) is 23.2 Å². The summed E-state index contributed by atoms with van der Waals surface area (Å²) in [6, 6.07) is 2.85. The topological polar surface area (TPSA) is 98.0 Å². The van der Waals surface area contributed by atoms with Crippen LogP contribution >= 0.6 is 11.3 Å². The highest BCUT2D eigenvalue weighted by Gasteiger charge is 2.17. The summed E-state index contributed by atoms with van der Waals surface area (Å²) in [5, 5.41) is 0.367. The molecule has 0 aliphatic rings. The van der Waals surface area contributed by atoms with Crippen molar-refractivity contribution in [1.29, 1.82) is 0 Å². The molecular formula is C11H14N4O2S2. The van der Waals surface area contributed by atoms with Crippen LogP contribution in [0.1, 0.15) is 17.5 Å². The van der Waals surface area contributed by atoms with E-state index in [9.17, 15) is 8.42 Å². The fourth-order valence-electron chi connectivity index (χ4n) is 1.52. The molecule has 0 saturated heterocycles. The van der Waals surface area contributed by atoms with Crippen LogP contribution in [0.5, 0.6) is 0 Å². The van der Waals surface area contributed by atoms with Gasteiger partial charge in [-0.3, -0.25) is 4.72 Å². The van der Waals surface area contributed by atoms with Crippen molar-refractivity contribution < 1.29 is 8.42 Å². The van der Waals surface area contributed by atoms with E-state index in [-0.39, 0.29) is 10.7 Å². The molecule has 0 aliphatic heterocycles. The molecule has 0 radical (unpaired) electrons. The molecule has 0 aromatic carbocycles. The molecule has 0 bridgehead atoms. The van der Waals surface area contributed by atoms with Crippen LogP contribution < -0.4 is 10.5 Å². The highest BCUT2D eigenvalue weighted by Crippen LogP contribution is 2.24. The van der Waals surface area contributed by atoms with Gasteiger partial charge < -0.3 is 5.73 Å². The molecule has 2 rings (SSSR count). The number of hydrogen-bond acceptors (Lipinski definition) is 6. The quantitative estimate of drug-likeness (QED) is 0.896. The molecule has 102 valence electrons. The Morgan fingerprint density at radius 3 is 2.68 bits per heavy atom. The van der Waals surface area contributed by atoms with E-state index in [4.69, 9.17) is 5.73 Å². The Morgan fingerprint density at radius 2 is 2.16 bits per heavy atom. The van der Waals surface area contributed by atoms with Crippen molar-refractivity contribution in [2.75, 3.05) is 10.5 Å². The number of aromatic nitrogens is 2. The van der Waals surface area contributed by atoms with Gasteiger partial charge in [0.05, 0.1) is 5.69 Å². The first-order valence-electron chi connectivity index (χ1n) is 5.63. The van der Waals surface area contributed by atoms with Crippen molar-refractivity contribution in [3.05, 3.63) is 28.9 Å². The van der Waals surface area contributed by atoms with Crippen molar-refractivity contribution in [3.63, 3.8) is 0 Å². The van der Waals surface area contributed by atoms with Crippen LogP contribution in [0, 0.1) is 6.92 Å². The van der Waals surface area contributed by atoms with Crippen molar-refractivity contribution in [1.82, 2.24) is 9.97 Å². The molecule has 0 fully saturated rings. The smallest absolute Gasteiger partial charge is 0.265 e. The predicted octanol–water partition coefficient (Wildman–Crippen LogP) is 1.79. The number of rotatable bonds is 4. The highest BCUT2D eigenvalue weighted by atomic mass is 32.2. The van der Waals surface area contributed by atoms with Gasteiger partial charge in [0.15, 0.2) is 5.13 Å². The summed E-state index contributed by atoms with van der Waals surface area (Å²) in [6.07, 6.45) is 1.99. The van der Waals surface area contributed by atoms with Gasteiger partial charge in [-0.25, -0.2) is 18.4 Å². The third-order valence-electron chi connectivity index (χ3n) is 2.52. The van der Waals surface area contributed by atoms with E-state index < -0.39 is 10.0 Å². The van der Waals surface area contributed by atoms with Gasteiger partial charge in [-0.2, -0.15) is 0 Å². The van der Waals surface area contributed by atoms with Gasteiger partial charge in [0, 0.05) is 11.1 Å². The van der Waals surface area contributed by atoms with Crippen LogP contribution in [0.4, 0.5) is 10.9 Å². The molecule has 19 heavy (non-hydrogen) atoms. The molecule has 3 N–H and O–H groups in total. The lowest BCUT2D eigenvalue weighted by molar-refractivity contribution is 0.601. The number of anilines is 2. The van der Waals surface area contributed by atoms with Gasteiger partial charge in [-0.05, 0) is 25.5 Å². The van der Waals surface area contributed by atoms with E-state index in [1.165, 1.54) is 29.7 Å². The molecule has 0 spiro atoms. The second kappa shape index (κ2) is 5.14. The molecular weight excluding hydrogens is 284 g/mol. The average Bonchev–Trinajstić information content (AvgIpc) is 2.69. The lowest BCUT2D eigenvalue weighted by Crippen LogP contribution is -2.13. The molecule has 6 nitrogen and oxygen atoms in total. The van der Waals surface area contributed by atoms with E-state index in [0.717, 1.165) is 17.0 Å². The first kappa shape index (κ1) is 13.8.